The van der Waals surface area contributed by atoms with E-state index < -0.39 is 24.3 Å². The first-order valence-corrected chi connectivity index (χ1v) is 10.6. The fourth-order valence-corrected chi connectivity index (χ4v) is 4.07. The maximum Gasteiger partial charge on any atom is 0.229 e. The zero-order chi connectivity index (χ0) is 22.7. The van der Waals surface area contributed by atoms with Crippen LogP contribution in [0.4, 0.5) is 11.4 Å². The van der Waals surface area contributed by atoms with Crippen molar-refractivity contribution in [2.75, 3.05) is 17.7 Å². The number of piperidine rings is 1. The number of fused-ring (bicyclic) bond motifs is 1. The largest absolute Gasteiger partial charge is 0.497 e. The second-order valence-corrected chi connectivity index (χ2v) is 7.90. The second-order valence-electron chi connectivity index (χ2n) is 7.90. The van der Waals surface area contributed by atoms with Gasteiger partial charge in [-0.05, 0) is 48.4 Å². The smallest absolute Gasteiger partial charge is 0.229 e. The highest BCUT2D eigenvalue weighted by Gasteiger charge is 2.48. The molecular formula is C23H27N5O4. The monoisotopic (exact) mass is 437 g/mol. The molecule has 0 aromatic heterocycles. The van der Waals surface area contributed by atoms with Gasteiger partial charge in [0.1, 0.15) is 5.75 Å². The fourth-order valence-electron chi connectivity index (χ4n) is 4.07. The second kappa shape index (κ2) is 9.27. The van der Waals surface area contributed by atoms with Gasteiger partial charge in [0, 0.05) is 17.8 Å². The number of carbonyl (C=O) groups is 3. The van der Waals surface area contributed by atoms with Crippen LogP contribution in [0.25, 0.3) is 0 Å². The molecule has 4 unspecified atom stereocenters. The standard InChI is InChI=1S/C23H27N5O4/c1-3-13-4-6-14(7-5-13)24-21(30)17-12-18(29)26-20-19(17)22(31)28-23(27-20)25-15-8-10-16(32-2)11-9-15/h4-11,17,19-20,23,25,27H,3,12H2,1-2H3,(H,24,30)(H,26,29)(H,28,31). The van der Waals surface area contributed by atoms with Crippen LogP contribution in [-0.2, 0) is 20.8 Å². The zero-order valence-corrected chi connectivity index (χ0v) is 18.0. The Balaban J connectivity index is 1.44. The van der Waals surface area contributed by atoms with Gasteiger partial charge in [-0.1, -0.05) is 19.1 Å². The van der Waals surface area contributed by atoms with Crippen molar-refractivity contribution in [2.45, 2.75) is 32.2 Å². The van der Waals surface area contributed by atoms with E-state index in [2.05, 4.69) is 33.5 Å². The fraction of sp³-hybridized carbons (Fsp3) is 0.348. The molecule has 0 aliphatic carbocycles. The number of methoxy groups -OCH3 is 1. The van der Waals surface area contributed by atoms with Crippen LogP contribution in [-0.4, -0.2) is 37.3 Å². The minimum atomic E-state index is -0.783. The van der Waals surface area contributed by atoms with Crippen molar-refractivity contribution < 1.29 is 19.1 Å². The Morgan fingerprint density at radius 1 is 1.03 bits per heavy atom. The molecule has 4 atom stereocenters. The van der Waals surface area contributed by atoms with E-state index in [1.54, 1.807) is 19.2 Å². The van der Waals surface area contributed by atoms with E-state index >= 15 is 0 Å². The first-order chi connectivity index (χ1) is 15.5. The molecule has 2 aromatic rings. The van der Waals surface area contributed by atoms with Crippen molar-refractivity contribution in [3.63, 3.8) is 0 Å². The molecule has 0 bridgehead atoms. The topological polar surface area (TPSA) is 121 Å². The lowest BCUT2D eigenvalue weighted by Crippen LogP contribution is -2.72. The highest BCUT2D eigenvalue weighted by Crippen LogP contribution is 2.28. The molecule has 2 heterocycles. The maximum absolute atomic E-state index is 13.0. The van der Waals surface area contributed by atoms with Gasteiger partial charge in [-0.25, -0.2) is 0 Å². The number of hydrogen-bond acceptors (Lipinski definition) is 6. The average molecular weight is 438 g/mol. The van der Waals surface area contributed by atoms with E-state index in [1.165, 1.54) is 0 Å². The van der Waals surface area contributed by atoms with Crippen LogP contribution in [0.2, 0.25) is 0 Å². The maximum atomic E-state index is 13.0. The summed E-state index contributed by atoms with van der Waals surface area (Å²) in [6, 6.07) is 14.8. The Morgan fingerprint density at radius 3 is 2.38 bits per heavy atom. The summed E-state index contributed by atoms with van der Waals surface area (Å²) in [4.78, 5) is 38.2. The van der Waals surface area contributed by atoms with Gasteiger partial charge in [0.05, 0.1) is 25.1 Å². The third-order valence-corrected chi connectivity index (χ3v) is 5.82. The Labute approximate surface area is 186 Å². The van der Waals surface area contributed by atoms with Crippen molar-refractivity contribution in [3.05, 3.63) is 54.1 Å². The van der Waals surface area contributed by atoms with Gasteiger partial charge in [0.15, 0.2) is 6.29 Å². The van der Waals surface area contributed by atoms with Crippen LogP contribution in [0.5, 0.6) is 5.75 Å². The Bertz CT molecular complexity index is 992. The first kappa shape index (κ1) is 21.6. The van der Waals surface area contributed by atoms with Crippen molar-refractivity contribution in [1.29, 1.82) is 0 Å². The van der Waals surface area contributed by atoms with Crippen LogP contribution < -0.4 is 31.3 Å². The lowest BCUT2D eigenvalue weighted by Gasteiger charge is -2.43. The van der Waals surface area contributed by atoms with Gasteiger partial charge in [0.2, 0.25) is 17.7 Å². The third kappa shape index (κ3) is 4.67. The molecule has 4 rings (SSSR count). The number of ether oxygens (including phenoxy) is 1. The SMILES string of the molecule is CCc1ccc(NC(=O)C2CC(=O)NC3NC(Nc4ccc(OC)cc4)NC(=O)C32)cc1. The first-order valence-electron chi connectivity index (χ1n) is 10.6. The molecule has 32 heavy (non-hydrogen) atoms. The van der Waals surface area contributed by atoms with E-state index in [1.807, 2.05) is 36.4 Å². The summed E-state index contributed by atoms with van der Waals surface area (Å²) in [5.41, 5.74) is 2.55. The highest BCUT2D eigenvalue weighted by molar-refractivity contribution is 6.00. The lowest BCUT2D eigenvalue weighted by atomic mass is 9.81. The van der Waals surface area contributed by atoms with Crippen molar-refractivity contribution in [2.24, 2.45) is 11.8 Å². The van der Waals surface area contributed by atoms with Gasteiger partial charge in [0.25, 0.3) is 0 Å². The summed E-state index contributed by atoms with van der Waals surface area (Å²) in [6.45, 7) is 2.06. The van der Waals surface area contributed by atoms with Crippen LogP contribution in [0.15, 0.2) is 48.5 Å². The number of carbonyl (C=O) groups excluding carboxylic acids is 3. The molecular weight excluding hydrogens is 410 g/mol. The molecule has 2 saturated heterocycles. The number of amides is 3. The van der Waals surface area contributed by atoms with Crippen LogP contribution in [0, 0.1) is 11.8 Å². The summed E-state index contributed by atoms with van der Waals surface area (Å²) in [5.74, 6) is -1.73. The minimum Gasteiger partial charge on any atom is -0.497 e. The number of aryl methyl sites for hydroxylation is 1. The predicted molar refractivity (Wildman–Crippen MR) is 120 cm³/mol. The van der Waals surface area contributed by atoms with Crippen LogP contribution in [0.1, 0.15) is 18.9 Å². The third-order valence-electron chi connectivity index (χ3n) is 5.82. The molecule has 168 valence electrons. The Morgan fingerprint density at radius 2 is 1.72 bits per heavy atom. The van der Waals surface area contributed by atoms with Gasteiger partial charge in [-0.15, -0.1) is 0 Å². The van der Waals surface area contributed by atoms with Gasteiger partial charge >= 0.3 is 0 Å². The molecule has 2 fully saturated rings. The van der Waals surface area contributed by atoms with Crippen molar-refractivity contribution in [1.82, 2.24) is 16.0 Å². The Hall–Kier alpha value is -3.59. The van der Waals surface area contributed by atoms with E-state index in [0.717, 1.165) is 17.7 Å². The molecule has 0 saturated carbocycles. The lowest BCUT2D eigenvalue weighted by molar-refractivity contribution is -0.144. The van der Waals surface area contributed by atoms with E-state index in [-0.39, 0.29) is 24.1 Å². The Kier molecular flexibility index (Phi) is 6.27. The summed E-state index contributed by atoms with van der Waals surface area (Å²) in [5, 5.41) is 14.8. The van der Waals surface area contributed by atoms with Gasteiger partial charge in [-0.3, -0.25) is 19.7 Å². The number of benzene rings is 2. The van der Waals surface area contributed by atoms with Crippen LogP contribution >= 0.6 is 0 Å². The normalized spacial score (nSPS) is 24.6. The van der Waals surface area contributed by atoms with Crippen molar-refractivity contribution >= 4 is 29.1 Å². The molecule has 9 heteroatoms. The average Bonchev–Trinajstić information content (AvgIpc) is 2.79. The zero-order valence-electron chi connectivity index (χ0n) is 18.0. The summed E-state index contributed by atoms with van der Waals surface area (Å²) in [6.07, 6.45) is -0.427. The molecule has 9 nitrogen and oxygen atoms in total. The molecule has 2 aromatic carbocycles. The summed E-state index contributed by atoms with van der Waals surface area (Å²) in [7, 11) is 1.59. The van der Waals surface area contributed by atoms with E-state index in [4.69, 9.17) is 4.74 Å². The molecule has 3 amide bonds. The highest BCUT2D eigenvalue weighted by atomic mass is 16.5. The molecule has 0 spiro atoms. The van der Waals surface area contributed by atoms with E-state index in [9.17, 15) is 14.4 Å². The summed E-state index contributed by atoms with van der Waals surface area (Å²) >= 11 is 0. The number of rotatable bonds is 6. The number of nitrogens with one attached hydrogen (secondary N) is 5. The van der Waals surface area contributed by atoms with Crippen LogP contribution in [0.3, 0.4) is 0 Å². The molecule has 2 aliphatic rings. The quantitative estimate of drug-likeness (QED) is 0.466. The predicted octanol–water partition coefficient (Wildman–Crippen LogP) is 1.39. The van der Waals surface area contributed by atoms with E-state index in [0.29, 0.717) is 11.4 Å². The number of hydrogen-bond donors (Lipinski definition) is 5. The number of anilines is 2. The van der Waals surface area contributed by atoms with Crippen molar-refractivity contribution in [3.8, 4) is 5.75 Å². The summed E-state index contributed by atoms with van der Waals surface area (Å²) < 4.78 is 5.15. The van der Waals surface area contributed by atoms with Gasteiger partial charge in [-0.2, -0.15) is 0 Å². The van der Waals surface area contributed by atoms with Gasteiger partial charge < -0.3 is 26.0 Å². The molecule has 2 aliphatic heterocycles. The molecule has 0 radical (unpaired) electrons. The molecule has 5 N–H and O–H groups in total. The minimum absolute atomic E-state index is 0.0499.